The number of hydrogen-bond acceptors (Lipinski definition) is 4. The van der Waals surface area contributed by atoms with Crippen LogP contribution in [0.15, 0.2) is 5.51 Å². The van der Waals surface area contributed by atoms with E-state index in [0.717, 1.165) is 18.1 Å². The minimum atomic E-state index is 0.686. The maximum Gasteiger partial charge on any atom is 0.205 e. The molecule has 3 nitrogen and oxygen atoms in total. The van der Waals surface area contributed by atoms with Crippen LogP contribution in [0.3, 0.4) is 0 Å². The molecule has 0 fully saturated rings. The Labute approximate surface area is 68.4 Å². The van der Waals surface area contributed by atoms with Gasteiger partial charge in [-0.25, -0.2) is 0 Å². The quantitative estimate of drug-likeness (QED) is 0.561. The summed E-state index contributed by atoms with van der Waals surface area (Å²) >= 11 is 6.97. The summed E-state index contributed by atoms with van der Waals surface area (Å²) in [5.41, 5.74) is 1.70. The third kappa shape index (κ3) is 2.49. The fourth-order valence-electron chi connectivity index (χ4n) is 0.512. The van der Waals surface area contributed by atoms with Crippen molar-refractivity contribution in [2.24, 2.45) is 0 Å². The number of nitrogens with zero attached hydrogens (tertiary/aromatic N) is 2. The molecule has 0 unspecified atom stereocenters. The highest BCUT2D eigenvalue weighted by molar-refractivity contribution is 7.13. The highest BCUT2D eigenvalue weighted by Crippen LogP contribution is 2.07. The van der Waals surface area contributed by atoms with E-state index in [-0.39, 0.29) is 0 Å². The first kappa shape index (κ1) is 7.75. The van der Waals surface area contributed by atoms with E-state index < -0.39 is 0 Å². The number of hydrogen-bond donors (Lipinski definition) is 1. The molecule has 5 heteroatoms. The van der Waals surface area contributed by atoms with Crippen molar-refractivity contribution < 1.29 is 0 Å². The summed E-state index contributed by atoms with van der Waals surface area (Å²) < 4.78 is 0. The summed E-state index contributed by atoms with van der Waals surface area (Å²) in [5.74, 6) is 0.686. The van der Waals surface area contributed by atoms with Crippen molar-refractivity contribution in [3.8, 4) is 0 Å². The first-order valence-electron chi connectivity index (χ1n) is 2.99. The van der Waals surface area contributed by atoms with Crippen LogP contribution in [0.25, 0.3) is 0 Å². The summed E-state index contributed by atoms with van der Waals surface area (Å²) in [6, 6.07) is 0. The van der Waals surface area contributed by atoms with Gasteiger partial charge in [0.1, 0.15) is 5.51 Å². The fraction of sp³-hybridized carbons (Fsp3) is 0.600. The number of anilines is 1. The molecule has 0 bridgehead atoms. The molecule has 0 spiro atoms. The maximum absolute atomic E-state index is 5.47. The van der Waals surface area contributed by atoms with Crippen LogP contribution in [0.4, 0.5) is 5.13 Å². The molecule has 0 aromatic carbocycles. The third-order valence-electron chi connectivity index (χ3n) is 0.947. The van der Waals surface area contributed by atoms with Crippen molar-refractivity contribution in [1.29, 1.82) is 0 Å². The van der Waals surface area contributed by atoms with Gasteiger partial charge in [0, 0.05) is 12.4 Å². The van der Waals surface area contributed by atoms with Gasteiger partial charge in [0.25, 0.3) is 0 Å². The van der Waals surface area contributed by atoms with E-state index in [1.54, 1.807) is 5.51 Å². The van der Waals surface area contributed by atoms with Gasteiger partial charge in [-0.1, -0.05) is 11.3 Å². The van der Waals surface area contributed by atoms with Crippen molar-refractivity contribution in [1.82, 2.24) is 10.2 Å². The lowest BCUT2D eigenvalue weighted by Crippen LogP contribution is -2.01. The second-order valence-corrected chi connectivity index (χ2v) is 2.92. The standard InChI is InChI=1S/C5H8ClN3S/c6-2-1-3-7-5-9-8-4-10-5/h4H,1-3H2,(H,7,9). The van der Waals surface area contributed by atoms with Crippen molar-refractivity contribution in [3.05, 3.63) is 5.51 Å². The number of halogens is 1. The van der Waals surface area contributed by atoms with Crippen molar-refractivity contribution in [2.75, 3.05) is 17.7 Å². The number of rotatable bonds is 4. The highest BCUT2D eigenvalue weighted by atomic mass is 35.5. The van der Waals surface area contributed by atoms with Gasteiger partial charge in [-0.3, -0.25) is 0 Å². The van der Waals surface area contributed by atoms with Gasteiger partial charge in [-0.05, 0) is 6.42 Å². The molecule has 1 aromatic heterocycles. The smallest absolute Gasteiger partial charge is 0.205 e. The summed E-state index contributed by atoms with van der Waals surface area (Å²) in [7, 11) is 0. The normalized spacial score (nSPS) is 9.70. The average Bonchev–Trinajstić information content (AvgIpc) is 2.41. The minimum Gasteiger partial charge on any atom is -0.360 e. The van der Waals surface area contributed by atoms with Gasteiger partial charge in [-0.15, -0.1) is 21.8 Å². The van der Waals surface area contributed by atoms with Crippen LogP contribution in [0, 0.1) is 0 Å². The Bertz CT molecular complexity index is 165. The Morgan fingerprint density at radius 1 is 1.70 bits per heavy atom. The predicted molar refractivity (Wildman–Crippen MR) is 43.7 cm³/mol. The number of alkyl halides is 1. The van der Waals surface area contributed by atoms with Gasteiger partial charge in [0.15, 0.2) is 0 Å². The second kappa shape index (κ2) is 4.46. The summed E-state index contributed by atoms with van der Waals surface area (Å²) in [5, 5.41) is 11.4. The first-order chi connectivity index (χ1) is 4.93. The van der Waals surface area contributed by atoms with Crippen LogP contribution < -0.4 is 5.32 Å². The molecule has 1 heterocycles. The van der Waals surface area contributed by atoms with Crippen LogP contribution in [0.5, 0.6) is 0 Å². The number of nitrogens with one attached hydrogen (secondary N) is 1. The second-order valence-electron chi connectivity index (χ2n) is 1.71. The lowest BCUT2D eigenvalue weighted by Gasteiger charge is -1.96. The van der Waals surface area contributed by atoms with E-state index in [4.69, 9.17) is 11.6 Å². The maximum atomic E-state index is 5.47. The molecule has 10 heavy (non-hydrogen) atoms. The minimum absolute atomic E-state index is 0.686. The van der Waals surface area contributed by atoms with Crippen LogP contribution >= 0.6 is 22.9 Å². The lowest BCUT2D eigenvalue weighted by molar-refractivity contribution is 0.969. The van der Waals surface area contributed by atoms with Crippen LogP contribution in [0.1, 0.15) is 6.42 Å². The largest absolute Gasteiger partial charge is 0.360 e. The van der Waals surface area contributed by atoms with E-state index in [9.17, 15) is 0 Å². The zero-order valence-corrected chi connectivity index (χ0v) is 6.95. The first-order valence-corrected chi connectivity index (χ1v) is 4.41. The predicted octanol–water partition coefficient (Wildman–Crippen LogP) is 1.58. The van der Waals surface area contributed by atoms with E-state index in [1.807, 2.05) is 0 Å². The molecule has 0 saturated carbocycles. The van der Waals surface area contributed by atoms with Gasteiger partial charge in [0.2, 0.25) is 5.13 Å². The Balaban J connectivity index is 2.15. The molecular weight excluding hydrogens is 170 g/mol. The van der Waals surface area contributed by atoms with Crippen LogP contribution in [-0.2, 0) is 0 Å². The van der Waals surface area contributed by atoms with Gasteiger partial charge >= 0.3 is 0 Å². The molecule has 1 aromatic rings. The molecule has 0 amide bonds. The zero-order valence-electron chi connectivity index (χ0n) is 5.38. The highest BCUT2D eigenvalue weighted by Gasteiger charge is 1.91. The SMILES string of the molecule is ClCCCNc1nncs1. The summed E-state index contributed by atoms with van der Waals surface area (Å²) in [6.45, 7) is 0.874. The molecule has 1 rings (SSSR count). The molecule has 0 aliphatic carbocycles. The fourth-order valence-corrected chi connectivity index (χ4v) is 1.12. The van der Waals surface area contributed by atoms with Crippen LogP contribution in [0.2, 0.25) is 0 Å². The molecule has 0 radical (unpaired) electrons. The molecule has 1 N–H and O–H groups in total. The van der Waals surface area contributed by atoms with E-state index in [1.165, 1.54) is 11.3 Å². The number of aromatic nitrogens is 2. The summed E-state index contributed by atoms with van der Waals surface area (Å²) in [4.78, 5) is 0. The molecule has 0 aliphatic heterocycles. The van der Waals surface area contributed by atoms with Crippen LogP contribution in [-0.4, -0.2) is 22.6 Å². The van der Waals surface area contributed by atoms with Crippen molar-refractivity contribution in [3.63, 3.8) is 0 Å². The van der Waals surface area contributed by atoms with E-state index >= 15 is 0 Å². The Kier molecular flexibility index (Phi) is 3.46. The molecule has 0 aliphatic rings. The third-order valence-corrected chi connectivity index (χ3v) is 1.86. The molecule has 56 valence electrons. The Hall–Kier alpha value is -0.350. The molecule has 0 atom stereocenters. The average molecular weight is 178 g/mol. The van der Waals surface area contributed by atoms with Crippen molar-refractivity contribution in [2.45, 2.75) is 6.42 Å². The molecule has 0 saturated heterocycles. The Morgan fingerprint density at radius 2 is 2.60 bits per heavy atom. The lowest BCUT2D eigenvalue weighted by atomic mass is 10.5. The van der Waals surface area contributed by atoms with Gasteiger partial charge < -0.3 is 5.32 Å². The summed E-state index contributed by atoms with van der Waals surface area (Å²) in [6.07, 6.45) is 0.959. The monoisotopic (exact) mass is 177 g/mol. The van der Waals surface area contributed by atoms with E-state index in [2.05, 4.69) is 15.5 Å². The van der Waals surface area contributed by atoms with Gasteiger partial charge in [0.05, 0.1) is 0 Å². The Morgan fingerprint density at radius 3 is 3.20 bits per heavy atom. The topological polar surface area (TPSA) is 37.8 Å². The van der Waals surface area contributed by atoms with E-state index in [0.29, 0.717) is 5.88 Å². The molecular formula is C5H8ClN3S. The van der Waals surface area contributed by atoms with Gasteiger partial charge in [-0.2, -0.15) is 0 Å². The van der Waals surface area contributed by atoms with Crippen molar-refractivity contribution >= 4 is 28.1 Å². The zero-order chi connectivity index (χ0) is 7.23.